The van der Waals surface area contributed by atoms with Gasteiger partial charge in [-0.05, 0) is 51.1 Å². The lowest BCUT2D eigenvalue weighted by atomic mass is 10.0. The number of carbonyl (C=O) groups excluding carboxylic acids is 1. The molecule has 2 heterocycles. The predicted molar refractivity (Wildman–Crippen MR) is 67.7 cm³/mol. The van der Waals surface area contributed by atoms with E-state index in [4.69, 9.17) is 0 Å². The summed E-state index contributed by atoms with van der Waals surface area (Å²) in [4.78, 5) is 17.0. The van der Waals surface area contributed by atoms with Crippen LogP contribution in [0.1, 0.15) is 38.5 Å². The van der Waals surface area contributed by atoms with Crippen molar-refractivity contribution in [3.05, 3.63) is 0 Å². The van der Waals surface area contributed by atoms with E-state index in [1.54, 1.807) is 0 Å². The molecule has 3 fully saturated rings. The summed E-state index contributed by atoms with van der Waals surface area (Å²) in [6.07, 6.45) is 7.65. The minimum Gasteiger partial charge on any atom is -0.341 e. The average Bonchev–Trinajstić information content (AvgIpc) is 2.88. The van der Waals surface area contributed by atoms with Crippen LogP contribution in [-0.4, -0.2) is 48.4 Å². The molecule has 96 valence electrons. The summed E-state index contributed by atoms with van der Waals surface area (Å²) in [5.41, 5.74) is 0. The van der Waals surface area contributed by atoms with Gasteiger partial charge in [0.2, 0.25) is 5.91 Å². The highest BCUT2D eigenvalue weighted by Crippen LogP contribution is 2.38. The van der Waals surface area contributed by atoms with Crippen LogP contribution in [0.3, 0.4) is 0 Å². The van der Waals surface area contributed by atoms with Gasteiger partial charge in [-0.1, -0.05) is 12.8 Å². The molecule has 2 aliphatic heterocycles. The Bertz CT molecular complexity index is 293. The smallest absolute Gasteiger partial charge is 0.239 e. The Morgan fingerprint density at radius 1 is 1.00 bits per heavy atom. The van der Waals surface area contributed by atoms with E-state index >= 15 is 0 Å². The number of carbonyl (C=O) groups is 1. The lowest BCUT2D eigenvalue weighted by Crippen LogP contribution is -2.48. The fourth-order valence-corrected chi connectivity index (χ4v) is 4.01. The van der Waals surface area contributed by atoms with E-state index in [0.717, 1.165) is 37.9 Å². The molecule has 3 rings (SSSR count). The van der Waals surface area contributed by atoms with Crippen molar-refractivity contribution >= 4 is 5.91 Å². The fraction of sp³-hybridized carbons (Fsp3) is 0.929. The summed E-state index contributed by atoms with van der Waals surface area (Å²) in [6, 6.07) is 0.183. The van der Waals surface area contributed by atoms with Crippen molar-refractivity contribution < 1.29 is 4.79 Å². The molecular weight excluding hydrogens is 212 g/mol. The summed E-state index contributed by atoms with van der Waals surface area (Å²) in [7, 11) is 2.11. The third-order valence-electron chi connectivity index (χ3n) is 5.09. The van der Waals surface area contributed by atoms with Crippen LogP contribution < -0.4 is 0 Å². The number of likely N-dealkylation sites (N-methyl/N-ethyl adjacent to an activating group) is 1. The van der Waals surface area contributed by atoms with Gasteiger partial charge < -0.3 is 4.90 Å². The zero-order chi connectivity index (χ0) is 11.8. The van der Waals surface area contributed by atoms with Crippen molar-refractivity contribution in [2.45, 2.75) is 44.6 Å². The maximum atomic E-state index is 12.5. The molecule has 17 heavy (non-hydrogen) atoms. The van der Waals surface area contributed by atoms with E-state index in [9.17, 15) is 4.79 Å². The molecular formula is C14H24N2O. The van der Waals surface area contributed by atoms with Gasteiger partial charge >= 0.3 is 0 Å². The molecule has 3 atom stereocenters. The maximum absolute atomic E-state index is 12.5. The van der Waals surface area contributed by atoms with Gasteiger partial charge in [-0.15, -0.1) is 0 Å². The average molecular weight is 236 g/mol. The first-order valence-electron chi connectivity index (χ1n) is 7.25. The number of piperidine rings is 1. The molecule has 0 aromatic carbocycles. The van der Waals surface area contributed by atoms with Crippen LogP contribution in [0.25, 0.3) is 0 Å². The zero-order valence-corrected chi connectivity index (χ0v) is 10.9. The lowest BCUT2D eigenvalue weighted by Gasteiger charge is -2.34. The second kappa shape index (κ2) is 4.60. The van der Waals surface area contributed by atoms with Gasteiger partial charge in [-0.3, -0.25) is 9.69 Å². The minimum atomic E-state index is 0.183. The molecule has 3 heteroatoms. The minimum absolute atomic E-state index is 0.183. The van der Waals surface area contributed by atoms with E-state index < -0.39 is 0 Å². The van der Waals surface area contributed by atoms with E-state index in [1.807, 2.05) is 0 Å². The standard InChI is InChI=1S/C14H24N2O/c1-15-8-3-2-7-13(15)14(17)16-9-11-5-4-6-12(11)10-16/h11-13H,2-10H2,1H3/t11-,12-,13-/m1/s1. The number of hydrogen-bond acceptors (Lipinski definition) is 2. The summed E-state index contributed by atoms with van der Waals surface area (Å²) >= 11 is 0. The molecule has 0 aromatic rings. The van der Waals surface area contributed by atoms with Gasteiger partial charge in [0.05, 0.1) is 6.04 Å². The molecule has 1 aliphatic carbocycles. The van der Waals surface area contributed by atoms with Crippen LogP contribution in [0.5, 0.6) is 0 Å². The lowest BCUT2D eigenvalue weighted by molar-refractivity contribution is -0.136. The fourth-order valence-electron chi connectivity index (χ4n) is 4.01. The molecule has 0 radical (unpaired) electrons. The van der Waals surface area contributed by atoms with Gasteiger partial charge in [0.25, 0.3) is 0 Å². The Balaban J connectivity index is 1.62. The van der Waals surface area contributed by atoms with Crippen molar-refractivity contribution in [3.8, 4) is 0 Å². The Morgan fingerprint density at radius 3 is 2.35 bits per heavy atom. The van der Waals surface area contributed by atoms with Gasteiger partial charge in [0.15, 0.2) is 0 Å². The Kier molecular flexibility index (Phi) is 3.12. The monoisotopic (exact) mass is 236 g/mol. The molecule has 1 amide bonds. The molecule has 0 bridgehead atoms. The van der Waals surface area contributed by atoms with Gasteiger partial charge in [0.1, 0.15) is 0 Å². The van der Waals surface area contributed by atoms with Gasteiger partial charge in [-0.25, -0.2) is 0 Å². The summed E-state index contributed by atoms with van der Waals surface area (Å²) in [5.74, 6) is 2.07. The normalized spacial score (nSPS) is 38.4. The van der Waals surface area contributed by atoms with Crippen molar-refractivity contribution in [2.75, 3.05) is 26.7 Å². The van der Waals surface area contributed by atoms with E-state index in [1.165, 1.54) is 32.1 Å². The Hall–Kier alpha value is -0.570. The van der Waals surface area contributed by atoms with Crippen molar-refractivity contribution in [1.82, 2.24) is 9.80 Å². The molecule has 2 saturated heterocycles. The Labute approximate surface area is 104 Å². The third-order valence-corrected chi connectivity index (χ3v) is 5.09. The first-order valence-corrected chi connectivity index (χ1v) is 7.25. The molecule has 3 nitrogen and oxygen atoms in total. The topological polar surface area (TPSA) is 23.6 Å². The number of fused-ring (bicyclic) bond motifs is 1. The second-order valence-electron chi connectivity index (χ2n) is 6.19. The van der Waals surface area contributed by atoms with Crippen molar-refractivity contribution in [1.29, 1.82) is 0 Å². The SMILES string of the molecule is CN1CCCC[C@@H]1C(=O)N1C[C@H]2CCC[C@@H]2C1. The largest absolute Gasteiger partial charge is 0.341 e. The Morgan fingerprint density at radius 2 is 1.71 bits per heavy atom. The number of amides is 1. The van der Waals surface area contributed by atoms with Crippen LogP contribution in [0.2, 0.25) is 0 Å². The molecule has 0 aromatic heterocycles. The van der Waals surface area contributed by atoms with E-state index in [0.29, 0.717) is 5.91 Å². The number of rotatable bonds is 1. The van der Waals surface area contributed by atoms with Gasteiger partial charge in [-0.2, -0.15) is 0 Å². The summed E-state index contributed by atoms with van der Waals surface area (Å²) in [6.45, 7) is 3.19. The van der Waals surface area contributed by atoms with E-state index in [2.05, 4.69) is 16.8 Å². The third kappa shape index (κ3) is 2.10. The van der Waals surface area contributed by atoms with Crippen LogP contribution in [0.15, 0.2) is 0 Å². The first-order chi connectivity index (χ1) is 8.25. The number of hydrogen-bond donors (Lipinski definition) is 0. The summed E-state index contributed by atoms with van der Waals surface area (Å²) < 4.78 is 0. The molecule has 0 spiro atoms. The van der Waals surface area contributed by atoms with Crippen LogP contribution >= 0.6 is 0 Å². The highest BCUT2D eigenvalue weighted by Gasteiger charge is 2.40. The first kappa shape index (κ1) is 11.5. The zero-order valence-electron chi connectivity index (χ0n) is 10.9. The van der Waals surface area contributed by atoms with Crippen molar-refractivity contribution in [2.24, 2.45) is 11.8 Å². The number of nitrogens with zero attached hydrogens (tertiary/aromatic N) is 2. The molecule has 1 saturated carbocycles. The highest BCUT2D eigenvalue weighted by molar-refractivity contribution is 5.82. The second-order valence-corrected chi connectivity index (χ2v) is 6.19. The van der Waals surface area contributed by atoms with E-state index in [-0.39, 0.29) is 6.04 Å². The van der Waals surface area contributed by atoms with Gasteiger partial charge in [0, 0.05) is 13.1 Å². The number of likely N-dealkylation sites (tertiary alicyclic amines) is 2. The molecule has 3 aliphatic rings. The highest BCUT2D eigenvalue weighted by atomic mass is 16.2. The maximum Gasteiger partial charge on any atom is 0.239 e. The quantitative estimate of drug-likeness (QED) is 0.692. The summed E-state index contributed by atoms with van der Waals surface area (Å²) in [5, 5.41) is 0. The predicted octanol–water partition coefficient (Wildman–Crippen LogP) is 1.73. The van der Waals surface area contributed by atoms with Crippen molar-refractivity contribution in [3.63, 3.8) is 0 Å². The van der Waals surface area contributed by atoms with Crippen LogP contribution in [0.4, 0.5) is 0 Å². The molecule has 0 N–H and O–H groups in total. The van der Waals surface area contributed by atoms with Crippen LogP contribution in [-0.2, 0) is 4.79 Å². The van der Waals surface area contributed by atoms with Crippen LogP contribution in [0, 0.1) is 11.8 Å². The molecule has 0 unspecified atom stereocenters.